The molecule has 1 fully saturated rings. The third kappa shape index (κ3) is 1.59. The van der Waals surface area contributed by atoms with E-state index in [1.807, 2.05) is 13.8 Å². The van der Waals surface area contributed by atoms with Crippen LogP contribution in [0.3, 0.4) is 0 Å². The quantitative estimate of drug-likeness (QED) is 0.659. The first-order valence-corrected chi connectivity index (χ1v) is 5.02. The van der Waals surface area contributed by atoms with E-state index in [2.05, 4.69) is 0 Å². The minimum atomic E-state index is -0.154. The minimum absolute atomic E-state index is 0.00231. The summed E-state index contributed by atoms with van der Waals surface area (Å²) in [6.07, 6.45) is 0. The lowest BCUT2D eigenvalue weighted by Crippen LogP contribution is -2.46. The number of aliphatic hydroxyl groups excluding tert-OH is 1. The van der Waals surface area contributed by atoms with E-state index in [9.17, 15) is 4.79 Å². The van der Waals surface area contributed by atoms with Crippen LogP contribution in [0.4, 0.5) is 0 Å². The van der Waals surface area contributed by atoms with Crippen molar-refractivity contribution >= 4 is 17.7 Å². The molecule has 0 bridgehead atoms. The van der Waals surface area contributed by atoms with E-state index in [1.54, 1.807) is 23.6 Å². The molecule has 1 saturated heterocycles. The van der Waals surface area contributed by atoms with Gasteiger partial charge in [0.25, 0.3) is 0 Å². The van der Waals surface area contributed by atoms with Gasteiger partial charge >= 0.3 is 0 Å². The predicted octanol–water partition coefficient (Wildman–Crippen LogP) is 0.679. The molecule has 0 aromatic carbocycles. The minimum Gasteiger partial charge on any atom is -0.394 e. The van der Waals surface area contributed by atoms with E-state index >= 15 is 0 Å². The lowest BCUT2D eigenvalue weighted by molar-refractivity contribution is -0.133. The van der Waals surface area contributed by atoms with Crippen LogP contribution in [0.1, 0.15) is 20.8 Å². The van der Waals surface area contributed by atoms with E-state index in [0.29, 0.717) is 0 Å². The molecule has 1 amide bonds. The van der Waals surface area contributed by atoms with Gasteiger partial charge in [-0.1, -0.05) is 0 Å². The van der Waals surface area contributed by atoms with Crippen molar-refractivity contribution in [2.24, 2.45) is 0 Å². The van der Waals surface area contributed by atoms with Gasteiger partial charge in [0, 0.05) is 12.7 Å². The number of carbonyl (C=O) groups is 1. The van der Waals surface area contributed by atoms with Gasteiger partial charge in [-0.15, -0.1) is 11.8 Å². The summed E-state index contributed by atoms with van der Waals surface area (Å²) in [6, 6.07) is 0.00231. The molecule has 1 heterocycles. The van der Waals surface area contributed by atoms with Crippen molar-refractivity contribution < 1.29 is 9.90 Å². The van der Waals surface area contributed by atoms with Gasteiger partial charge in [0.15, 0.2) is 0 Å². The Kier molecular flexibility index (Phi) is 2.68. The largest absolute Gasteiger partial charge is 0.394 e. The molecule has 0 unspecified atom stereocenters. The van der Waals surface area contributed by atoms with Crippen molar-refractivity contribution in [1.29, 1.82) is 0 Å². The number of amides is 1. The first-order valence-electron chi connectivity index (χ1n) is 4.04. The van der Waals surface area contributed by atoms with Crippen LogP contribution in [0, 0.1) is 0 Å². The summed E-state index contributed by atoms with van der Waals surface area (Å²) in [5, 5.41) is 9.01. The maximum atomic E-state index is 11.2. The molecule has 70 valence electrons. The van der Waals surface area contributed by atoms with Crippen LogP contribution in [-0.4, -0.2) is 39.2 Å². The summed E-state index contributed by atoms with van der Waals surface area (Å²) in [6.45, 7) is 5.63. The molecule has 0 radical (unpaired) electrons. The molecule has 0 aromatic rings. The van der Waals surface area contributed by atoms with Crippen LogP contribution in [0.15, 0.2) is 0 Å². The summed E-state index contributed by atoms with van der Waals surface area (Å²) in [7, 11) is 0. The zero-order chi connectivity index (χ0) is 9.35. The molecule has 0 aromatic heterocycles. The molecule has 0 saturated carbocycles. The standard InChI is InChI=1S/C8H15NO2S/c1-6(11)9-7(4-10)5-12-8(9,2)3/h7,10H,4-5H2,1-3H3/t7-/m1/s1. The second-order valence-electron chi connectivity index (χ2n) is 3.48. The molecule has 1 aliphatic heterocycles. The Hall–Kier alpha value is -0.220. The smallest absolute Gasteiger partial charge is 0.220 e. The van der Waals surface area contributed by atoms with Crippen LogP contribution < -0.4 is 0 Å². The first-order chi connectivity index (χ1) is 5.49. The normalized spacial score (nSPS) is 27.7. The Bertz CT molecular complexity index is 193. The number of aliphatic hydroxyl groups is 1. The Morgan fingerprint density at radius 1 is 1.75 bits per heavy atom. The zero-order valence-corrected chi connectivity index (χ0v) is 8.52. The second kappa shape index (κ2) is 3.26. The highest BCUT2D eigenvalue weighted by Crippen LogP contribution is 2.38. The zero-order valence-electron chi connectivity index (χ0n) is 7.70. The molecule has 1 atom stereocenters. The Morgan fingerprint density at radius 3 is 2.67 bits per heavy atom. The lowest BCUT2D eigenvalue weighted by atomic mass is 10.2. The SMILES string of the molecule is CC(=O)N1[C@H](CO)CSC1(C)C. The second-order valence-corrected chi connectivity index (χ2v) is 5.10. The average molecular weight is 189 g/mol. The van der Waals surface area contributed by atoms with E-state index < -0.39 is 0 Å². The van der Waals surface area contributed by atoms with Crippen molar-refractivity contribution in [2.75, 3.05) is 12.4 Å². The van der Waals surface area contributed by atoms with Crippen molar-refractivity contribution in [2.45, 2.75) is 31.7 Å². The summed E-state index contributed by atoms with van der Waals surface area (Å²) in [4.78, 5) is 12.8. The average Bonchev–Trinajstić information content (AvgIpc) is 2.24. The number of rotatable bonds is 1. The van der Waals surface area contributed by atoms with Crippen molar-refractivity contribution in [3.63, 3.8) is 0 Å². The molecule has 12 heavy (non-hydrogen) atoms. The highest BCUT2D eigenvalue weighted by Gasteiger charge is 2.41. The van der Waals surface area contributed by atoms with E-state index in [1.165, 1.54) is 0 Å². The van der Waals surface area contributed by atoms with Crippen LogP contribution in [0.2, 0.25) is 0 Å². The molecule has 0 spiro atoms. The van der Waals surface area contributed by atoms with E-state index in [0.717, 1.165) is 5.75 Å². The lowest BCUT2D eigenvalue weighted by Gasteiger charge is -2.33. The fraction of sp³-hybridized carbons (Fsp3) is 0.875. The summed E-state index contributed by atoms with van der Waals surface area (Å²) < 4.78 is 0. The predicted molar refractivity (Wildman–Crippen MR) is 49.9 cm³/mol. The molecule has 0 aliphatic carbocycles. The fourth-order valence-electron chi connectivity index (χ4n) is 1.65. The van der Waals surface area contributed by atoms with Crippen LogP contribution in [0.5, 0.6) is 0 Å². The molecule has 1 N–H and O–H groups in total. The van der Waals surface area contributed by atoms with Crippen molar-refractivity contribution in [1.82, 2.24) is 4.90 Å². The van der Waals surface area contributed by atoms with Crippen molar-refractivity contribution in [3.8, 4) is 0 Å². The Labute approximate surface area is 77.1 Å². The van der Waals surface area contributed by atoms with Gasteiger partial charge in [0.2, 0.25) is 5.91 Å². The number of thioether (sulfide) groups is 1. The van der Waals surface area contributed by atoms with Gasteiger partial charge in [-0.2, -0.15) is 0 Å². The molecule has 4 heteroatoms. The van der Waals surface area contributed by atoms with Crippen LogP contribution >= 0.6 is 11.8 Å². The summed E-state index contributed by atoms with van der Waals surface area (Å²) >= 11 is 1.71. The highest BCUT2D eigenvalue weighted by atomic mass is 32.2. The van der Waals surface area contributed by atoms with Crippen molar-refractivity contribution in [3.05, 3.63) is 0 Å². The first kappa shape index (κ1) is 9.86. The maximum absolute atomic E-state index is 11.2. The van der Waals surface area contributed by atoms with Gasteiger partial charge < -0.3 is 10.0 Å². The topological polar surface area (TPSA) is 40.5 Å². The molecule has 3 nitrogen and oxygen atoms in total. The molecule has 1 rings (SSSR count). The van der Waals surface area contributed by atoms with Gasteiger partial charge in [-0.3, -0.25) is 4.79 Å². The van der Waals surface area contributed by atoms with Gasteiger partial charge in [0.05, 0.1) is 17.5 Å². The van der Waals surface area contributed by atoms with Gasteiger partial charge in [0.1, 0.15) is 0 Å². The highest BCUT2D eigenvalue weighted by molar-refractivity contribution is 8.00. The number of hydrogen-bond acceptors (Lipinski definition) is 3. The third-order valence-corrected chi connectivity index (χ3v) is 3.58. The fourth-order valence-corrected chi connectivity index (χ4v) is 2.93. The van der Waals surface area contributed by atoms with Gasteiger partial charge in [-0.05, 0) is 13.8 Å². The third-order valence-electron chi connectivity index (χ3n) is 2.12. The molecular weight excluding hydrogens is 174 g/mol. The summed E-state index contributed by atoms with van der Waals surface area (Å²) in [5.41, 5.74) is 0. The van der Waals surface area contributed by atoms with E-state index in [-0.39, 0.29) is 23.4 Å². The Balaban J connectivity index is 2.80. The van der Waals surface area contributed by atoms with Crippen LogP contribution in [-0.2, 0) is 4.79 Å². The maximum Gasteiger partial charge on any atom is 0.220 e. The monoisotopic (exact) mass is 189 g/mol. The number of carbonyl (C=O) groups excluding carboxylic acids is 1. The summed E-state index contributed by atoms with van der Waals surface area (Å²) in [5.74, 6) is 0.882. The van der Waals surface area contributed by atoms with Gasteiger partial charge in [-0.25, -0.2) is 0 Å². The van der Waals surface area contributed by atoms with E-state index in [4.69, 9.17) is 5.11 Å². The van der Waals surface area contributed by atoms with Crippen LogP contribution in [0.25, 0.3) is 0 Å². The Morgan fingerprint density at radius 2 is 2.33 bits per heavy atom. The number of hydrogen-bond donors (Lipinski definition) is 1. The number of nitrogens with zero attached hydrogens (tertiary/aromatic N) is 1. The molecule has 1 aliphatic rings. The molecular formula is C8H15NO2S.